The summed E-state index contributed by atoms with van der Waals surface area (Å²) >= 11 is 0. The van der Waals surface area contributed by atoms with Crippen molar-refractivity contribution >= 4 is 0 Å². The minimum atomic E-state index is 0.0754. The van der Waals surface area contributed by atoms with Gasteiger partial charge in [0.15, 0.2) is 0 Å². The lowest BCUT2D eigenvalue weighted by molar-refractivity contribution is 0.301. The minimum absolute atomic E-state index is 0.0754. The Balaban J connectivity index is 2.96. The van der Waals surface area contributed by atoms with Gasteiger partial charge < -0.3 is 4.74 Å². The van der Waals surface area contributed by atoms with Gasteiger partial charge in [-0.3, -0.25) is 10.7 Å². The lowest BCUT2D eigenvalue weighted by Crippen LogP contribution is -2.35. The average molecular weight is 251 g/mol. The maximum absolute atomic E-state index is 5.43. The van der Waals surface area contributed by atoms with E-state index < -0.39 is 0 Å². The highest BCUT2D eigenvalue weighted by atomic mass is 16.5. The number of nitrogens with one attached hydrogen (secondary N) is 1. The number of ether oxygens (including phenoxy) is 1. The number of benzene rings is 1. The van der Waals surface area contributed by atoms with Gasteiger partial charge in [0.2, 0.25) is 0 Å². The van der Waals surface area contributed by atoms with Crippen molar-refractivity contribution in [3.63, 3.8) is 0 Å². The monoisotopic (exact) mass is 251 g/mol. The van der Waals surface area contributed by atoms with Gasteiger partial charge in [0, 0.05) is 6.54 Å². The summed E-state index contributed by atoms with van der Waals surface area (Å²) in [5.74, 6) is 6.27. The standard InChI is InChI=1S/C14H25N3O/c1-14(2,3)12-8-11(6-7-13(12)18-5)9-17(4)10-16-15/h6-8,16H,9-10,15H2,1-5H3. The molecule has 0 saturated heterocycles. The van der Waals surface area contributed by atoms with Gasteiger partial charge in [-0.15, -0.1) is 0 Å². The third-order valence-electron chi connectivity index (χ3n) is 2.89. The molecule has 0 aliphatic rings. The fourth-order valence-electron chi connectivity index (χ4n) is 1.96. The Kier molecular flexibility index (Phi) is 5.14. The summed E-state index contributed by atoms with van der Waals surface area (Å²) in [5, 5.41) is 0. The zero-order valence-corrected chi connectivity index (χ0v) is 12.1. The number of hydrogen-bond acceptors (Lipinski definition) is 4. The Morgan fingerprint density at radius 1 is 1.33 bits per heavy atom. The molecule has 3 N–H and O–H groups in total. The predicted octanol–water partition coefficient (Wildman–Crippen LogP) is 1.85. The van der Waals surface area contributed by atoms with E-state index in [0.29, 0.717) is 6.67 Å². The van der Waals surface area contributed by atoms with E-state index in [1.807, 2.05) is 13.1 Å². The summed E-state index contributed by atoms with van der Waals surface area (Å²) in [6.07, 6.45) is 0. The van der Waals surface area contributed by atoms with E-state index in [9.17, 15) is 0 Å². The van der Waals surface area contributed by atoms with Crippen LogP contribution in [0.25, 0.3) is 0 Å². The van der Waals surface area contributed by atoms with Crippen molar-refractivity contribution in [2.75, 3.05) is 20.8 Å². The third-order valence-corrected chi connectivity index (χ3v) is 2.89. The van der Waals surface area contributed by atoms with Crippen LogP contribution in [-0.2, 0) is 12.0 Å². The molecular weight excluding hydrogens is 226 g/mol. The van der Waals surface area contributed by atoms with Crippen LogP contribution in [0, 0.1) is 0 Å². The first kappa shape index (κ1) is 15.0. The number of hydrazine groups is 1. The quantitative estimate of drug-likeness (QED) is 0.476. The van der Waals surface area contributed by atoms with Gasteiger partial charge in [0.05, 0.1) is 13.8 Å². The first-order valence-electron chi connectivity index (χ1n) is 6.18. The van der Waals surface area contributed by atoms with E-state index in [1.54, 1.807) is 7.11 Å². The zero-order chi connectivity index (χ0) is 13.8. The highest BCUT2D eigenvalue weighted by Crippen LogP contribution is 2.32. The normalized spacial score (nSPS) is 11.9. The molecule has 102 valence electrons. The molecule has 1 aromatic rings. The maximum Gasteiger partial charge on any atom is 0.122 e. The first-order valence-corrected chi connectivity index (χ1v) is 6.18. The van der Waals surface area contributed by atoms with E-state index in [2.05, 4.69) is 43.2 Å². The van der Waals surface area contributed by atoms with Crippen LogP contribution in [0.2, 0.25) is 0 Å². The molecule has 0 amide bonds. The Morgan fingerprint density at radius 2 is 2.00 bits per heavy atom. The summed E-state index contributed by atoms with van der Waals surface area (Å²) in [7, 11) is 3.75. The molecule has 0 aliphatic carbocycles. The van der Waals surface area contributed by atoms with Crippen LogP contribution in [-0.4, -0.2) is 25.7 Å². The Morgan fingerprint density at radius 3 is 2.50 bits per heavy atom. The van der Waals surface area contributed by atoms with Crippen molar-refractivity contribution in [3.8, 4) is 5.75 Å². The van der Waals surface area contributed by atoms with E-state index in [-0.39, 0.29) is 5.41 Å². The van der Waals surface area contributed by atoms with Gasteiger partial charge in [0.1, 0.15) is 5.75 Å². The molecule has 0 heterocycles. The Labute approximate surface area is 110 Å². The van der Waals surface area contributed by atoms with Crippen molar-refractivity contribution < 1.29 is 4.74 Å². The molecule has 0 saturated carbocycles. The van der Waals surface area contributed by atoms with Crippen LogP contribution in [0.15, 0.2) is 18.2 Å². The molecule has 18 heavy (non-hydrogen) atoms. The molecule has 0 unspecified atom stereocenters. The first-order chi connectivity index (χ1) is 8.38. The summed E-state index contributed by atoms with van der Waals surface area (Å²) in [6.45, 7) is 8.10. The second-order valence-electron chi connectivity index (χ2n) is 5.66. The van der Waals surface area contributed by atoms with Crippen molar-refractivity contribution in [2.45, 2.75) is 32.7 Å². The zero-order valence-electron chi connectivity index (χ0n) is 12.1. The van der Waals surface area contributed by atoms with Crippen LogP contribution in [0.4, 0.5) is 0 Å². The van der Waals surface area contributed by atoms with Crippen LogP contribution < -0.4 is 16.0 Å². The number of methoxy groups -OCH3 is 1. The fraction of sp³-hybridized carbons (Fsp3) is 0.571. The van der Waals surface area contributed by atoms with Gasteiger partial charge in [-0.25, -0.2) is 5.43 Å². The third kappa shape index (κ3) is 3.98. The van der Waals surface area contributed by atoms with Crippen LogP contribution in [0.1, 0.15) is 31.9 Å². The number of nitrogens with zero attached hydrogens (tertiary/aromatic N) is 1. The highest BCUT2D eigenvalue weighted by molar-refractivity contribution is 5.41. The molecule has 1 rings (SSSR count). The lowest BCUT2D eigenvalue weighted by atomic mass is 9.85. The highest BCUT2D eigenvalue weighted by Gasteiger charge is 2.19. The fourth-order valence-corrected chi connectivity index (χ4v) is 1.96. The van der Waals surface area contributed by atoms with Crippen LogP contribution in [0.5, 0.6) is 5.75 Å². The summed E-state index contributed by atoms with van der Waals surface area (Å²) in [5.41, 5.74) is 5.23. The summed E-state index contributed by atoms with van der Waals surface area (Å²) < 4.78 is 5.43. The summed E-state index contributed by atoms with van der Waals surface area (Å²) in [4.78, 5) is 2.12. The van der Waals surface area contributed by atoms with Gasteiger partial charge in [0.25, 0.3) is 0 Å². The molecule has 0 fully saturated rings. The van der Waals surface area contributed by atoms with Crippen LogP contribution >= 0.6 is 0 Å². The molecule has 0 aliphatic heterocycles. The molecule has 1 aromatic carbocycles. The second kappa shape index (κ2) is 6.18. The molecule has 0 radical (unpaired) electrons. The summed E-state index contributed by atoms with van der Waals surface area (Å²) in [6, 6.07) is 6.35. The van der Waals surface area contributed by atoms with Gasteiger partial charge >= 0.3 is 0 Å². The average Bonchev–Trinajstić information content (AvgIpc) is 2.28. The molecule has 0 atom stereocenters. The van der Waals surface area contributed by atoms with Gasteiger partial charge in [-0.05, 0) is 29.7 Å². The van der Waals surface area contributed by atoms with Gasteiger partial charge in [-0.2, -0.15) is 0 Å². The minimum Gasteiger partial charge on any atom is -0.496 e. The topological polar surface area (TPSA) is 50.5 Å². The van der Waals surface area contributed by atoms with Crippen molar-refractivity contribution in [2.24, 2.45) is 5.84 Å². The molecule has 0 spiro atoms. The van der Waals surface area contributed by atoms with E-state index >= 15 is 0 Å². The van der Waals surface area contributed by atoms with E-state index in [0.717, 1.165) is 12.3 Å². The molecular formula is C14H25N3O. The van der Waals surface area contributed by atoms with E-state index in [1.165, 1.54) is 11.1 Å². The Hall–Kier alpha value is -1.10. The van der Waals surface area contributed by atoms with Gasteiger partial charge in [-0.1, -0.05) is 32.9 Å². The molecule has 4 nitrogen and oxygen atoms in total. The SMILES string of the molecule is COc1ccc(CN(C)CNN)cc1C(C)(C)C. The second-order valence-corrected chi connectivity index (χ2v) is 5.66. The number of nitrogens with two attached hydrogens (primary N) is 1. The maximum atomic E-state index is 5.43. The molecule has 0 bridgehead atoms. The lowest BCUT2D eigenvalue weighted by Gasteiger charge is -2.24. The number of hydrogen-bond donors (Lipinski definition) is 2. The van der Waals surface area contributed by atoms with Crippen molar-refractivity contribution in [1.82, 2.24) is 10.3 Å². The predicted molar refractivity (Wildman–Crippen MR) is 75.4 cm³/mol. The Bertz CT molecular complexity index is 385. The smallest absolute Gasteiger partial charge is 0.122 e. The van der Waals surface area contributed by atoms with Crippen LogP contribution in [0.3, 0.4) is 0 Å². The number of rotatable bonds is 5. The van der Waals surface area contributed by atoms with Crippen molar-refractivity contribution in [1.29, 1.82) is 0 Å². The van der Waals surface area contributed by atoms with Crippen molar-refractivity contribution in [3.05, 3.63) is 29.3 Å². The van der Waals surface area contributed by atoms with E-state index in [4.69, 9.17) is 10.6 Å². The molecule has 4 heteroatoms. The molecule has 0 aromatic heterocycles. The largest absolute Gasteiger partial charge is 0.496 e.